The summed E-state index contributed by atoms with van der Waals surface area (Å²) in [5, 5.41) is 0.570. The smallest absolute Gasteiger partial charge is 0.248 e. The predicted octanol–water partition coefficient (Wildman–Crippen LogP) is 3.14. The fourth-order valence-corrected chi connectivity index (χ4v) is 2.30. The van der Waals surface area contributed by atoms with Gasteiger partial charge in [-0.3, -0.25) is 4.79 Å². The van der Waals surface area contributed by atoms with Crippen molar-refractivity contribution < 1.29 is 9.53 Å². The zero-order valence-electron chi connectivity index (χ0n) is 11.4. The summed E-state index contributed by atoms with van der Waals surface area (Å²) < 4.78 is 5.83. The first-order chi connectivity index (χ1) is 10.1. The van der Waals surface area contributed by atoms with Gasteiger partial charge in [0, 0.05) is 12.1 Å². The number of halogens is 1. The van der Waals surface area contributed by atoms with Crippen LogP contribution < -0.4 is 9.64 Å². The normalized spacial score (nSPS) is 14.3. The lowest BCUT2D eigenvalue weighted by Crippen LogP contribution is -2.27. The van der Waals surface area contributed by atoms with Crippen LogP contribution in [0.1, 0.15) is 5.56 Å². The van der Waals surface area contributed by atoms with Crippen molar-refractivity contribution in [1.82, 2.24) is 0 Å². The third-order valence-corrected chi connectivity index (χ3v) is 3.48. The van der Waals surface area contributed by atoms with Crippen molar-refractivity contribution in [3.63, 3.8) is 0 Å². The molecular formula is C16H13ClN2O2. The average molecular weight is 301 g/mol. The number of likely N-dealkylation sites (N-methyl/N-ethyl adjacent to an activating group) is 1. The summed E-state index contributed by atoms with van der Waals surface area (Å²) in [5.41, 5.74) is 1.44. The van der Waals surface area contributed by atoms with E-state index in [9.17, 15) is 4.79 Å². The van der Waals surface area contributed by atoms with Crippen LogP contribution in [0.3, 0.4) is 0 Å². The van der Waals surface area contributed by atoms with Gasteiger partial charge in [-0.15, -0.1) is 0 Å². The van der Waals surface area contributed by atoms with Crippen LogP contribution in [0.4, 0.5) is 5.69 Å². The van der Waals surface area contributed by atoms with Crippen LogP contribution in [0.2, 0.25) is 5.02 Å². The SMILES string of the molecule is CN1C(=O)CN=C(Oc2ccccc2)c2cc(Cl)ccc21. The number of rotatable bonds is 1. The molecule has 1 heterocycles. The Kier molecular flexibility index (Phi) is 3.62. The van der Waals surface area contributed by atoms with Gasteiger partial charge in [0.05, 0.1) is 11.3 Å². The van der Waals surface area contributed by atoms with Crippen molar-refractivity contribution in [2.75, 3.05) is 18.5 Å². The second-order valence-corrected chi connectivity index (χ2v) is 5.09. The second kappa shape index (κ2) is 5.58. The highest BCUT2D eigenvalue weighted by Gasteiger charge is 2.23. The van der Waals surface area contributed by atoms with Crippen LogP contribution >= 0.6 is 11.6 Å². The van der Waals surface area contributed by atoms with Crippen LogP contribution in [0.15, 0.2) is 53.5 Å². The summed E-state index contributed by atoms with van der Waals surface area (Å²) in [5.74, 6) is 0.973. The molecule has 21 heavy (non-hydrogen) atoms. The molecule has 0 unspecified atom stereocenters. The van der Waals surface area contributed by atoms with Gasteiger partial charge >= 0.3 is 0 Å². The number of benzodiazepines with no additional fused rings is 1. The van der Waals surface area contributed by atoms with E-state index in [1.807, 2.05) is 30.3 Å². The lowest BCUT2D eigenvalue weighted by molar-refractivity contribution is -0.116. The van der Waals surface area contributed by atoms with Crippen molar-refractivity contribution in [3.8, 4) is 5.75 Å². The minimum absolute atomic E-state index is 0.0466. The third kappa shape index (κ3) is 2.76. The maximum Gasteiger partial charge on any atom is 0.248 e. The number of fused-ring (bicyclic) bond motifs is 1. The van der Waals surface area contributed by atoms with Crippen LogP contribution in [-0.4, -0.2) is 25.4 Å². The van der Waals surface area contributed by atoms with Gasteiger partial charge in [-0.25, -0.2) is 4.99 Å². The first-order valence-corrected chi connectivity index (χ1v) is 6.87. The Labute approximate surface area is 127 Å². The standard InChI is InChI=1S/C16H13ClN2O2/c1-19-14-8-7-11(17)9-13(14)16(18-10-15(19)20)21-12-5-3-2-4-6-12/h2-9H,10H2,1H3. The molecule has 0 aromatic heterocycles. The van der Waals surface area contributed by atoms with Crippen molar-refractivity contribution in [2.45, 2.75) is 0 Å². The van der Waals surface area contributed by atoms with E-state index in [0.717, 1.165) is 5.69 Å². The van der Waals surface area contributed by atoms with Crippen LogP contribution in [0.5, 0.6) is 5.75 Å². The summed E-state index contributed by atoms with van der Waals surface area (Å²) in [6.07, 6.45) is 0. The maximum absolute atomic E-state index is 12.0. The molecule has 0 aliphatic carbocycles. The number of amides is 1. The van der Waals surface area contributed by atoms with Crippen molar-refractivity contribution in [2.24, 2.45) is 4.99 Å². The molecule has 0 bridgehead atoms. The van der Waals surface area contributed by atoms with E-state index in [1.54, 1.807) is 30.1 Å². The van der Waals surface area contributed by atoms with Gasteiger partial charge in [0.2, 0.25) is 11.8 Å². The molecule has 0 spiro atoms. The molecule has 1 aliphatic heterocycles. The van der Waals surface area contributed by atoms with Gasteiger partial charge in [-0.1, -0.05) is 29.8 Å². The number of aliphatic imine (C=N–C) groups is 1. The molecule has 2 aromatic carbocycles. The average Bonchev–Trinajstić information content (AvgIpc) is 2.61. The largest absolute Gasteiger partial charge is 0.439 e. The summed E-state index contributed by atoms with van der Waals surface area (Å²) in [7, 11) is 1.72. The number of benzene rings is 2. The van der Waals surface area contributed by atoms with E-state index >= 15 is 0 Å². The Hall–Kier alpha value is -2.33. The summed E-state index contributed by atoms with van der Waals surface area (Å²) >= 11 is 6.07. The second-order valence-electron chi connectivity index (χ2n) is 4.65. The van der Waals surface area contributed by atoms with Gasteiger partial charge in [-0.05, 0) is 30.3 Å². The molecule has 5 heteroatoms. The van der Waals surface area contributed by atoms with Crippen molar-refractivity contribution in [3.05, 3.63) is 59.1 Å². The highest BCUT2D eigenvalue weighted by atomic mass is 35.5. The van der Waals surface area contributed by atoms with Crippen molar-refractivity contribution in [1.29, 1.82) is 0 Å². The molecule has 0 radical (unpaired) electrons. The van der Waals surface area contributed by atoms with E-state index in [2.05, 4.69) is 4.99 Å². The van der Waals surface area contributed by atoms with E-state index in [0.29, 0.717) is 22.2 Å². The molecule has 106 valence electrons. The van der Waals surface area contributed by atoms with Crippen LogP contribution in [0.25, 0.3) is 0 Å². The lowest BCUT2D eigenvalue weighted by atomic mass is 10.1. The first kappa shape index (κ1) is 13.6. The number of carbonyl (C=O) groups excluding carboxylic acids is 1. The Morgan fingerprint density at radius 3 is 2.71 bits per heavy atom. The zero-order chi connectivity index (χ0) is 14.8. The summed E-state index contributed by atoms with van der Waals surface area (Å²) in [6, 6.07) is 14.6. The number of nitrogens with zero attached hydrogens (tertiary/aromatic N) is 2. The summed E-state index contributed by atoms with van der Waals surface area (Å²) in [4.78, 5) is 17.8. The quantitative estimate of drug-likeness (QED) is 0.812. The molecule has 0 fully saturated rings. The Bertz CT molecular complexity index is 713. The predicted molar refractivity (Wildman–Crippen MR) is 83.3 cm³/mol. The topological polar surface area (TPSA) is 41.9 Å². The lowest BCUT2D eigenvalue weighted by Gasteiger charge is -2.17. The monoisotopic (exact) mass is 300 g/mol. The molecule has 2 aromatic rings. The Morgan fingerprint density at radius 2 is 1.95 bits per heavy atom. The first-order valence-electron chi connectivity index (χ1n) is 6.49. The maximum atomic E-state index is 12.0. The molecule has 4 nitrogen and oxygen atoms in total. The fraction of sp³-hybridized carbons (Fsp3) is 0.125. The van der Waals surface area contributed by atoms with Gasteiger partial charge in [0.25, 0.3) is 0 Å². The number of ether oxygens (including phenoxy) is 1. The van der Waals surface area contributed by atoms with Gasteiger partial charge in [0.1, 0.15) is 12.3 Å². The zero-order valence-corrected chi connectivity index (χ0v) is 12.2. The molecule has 1 amide bonds. The van der Waals surface area contributed by atoms with Gasteiger partial charge < -0.3 is 9.64 Å². The van der Waals surface area contributed by atoms with E-state index in [4.69, 9.17) is 16.3 Å². The molecule has 0 N–H and O–H groups in total. The third-order valence-electron chi connectivity index (χ3n) is 3.24. The highest BCUT2D eigenvalue weighted by molar-refractivity contribution is 6.31. The number of hydrogen-bond donors (Lipinski definition) is 0. The Balaban J connectivity index is 2.06. The van der Waals surface area contributed by atoms with E-state index in [-0.39, 0.29) is 12.5 Å². The van der Waals surface area contributed by atoms with E-state index in [1.165, 1.54) is 0 Å². The Morgan fingerprint density at radius 1 is 1.19 bits per heavy atom. The van der Waals surface area contributed by atoms with E-state index < -0.39 is 0 Å². The minimum atomic E-state index is -0.0924. The highest BCUT2D eigenvalue weighted by Crippen LogP contribution is 2.27. The van der Waals surface area contributed by atoms with Crippen molar-refractivity contribution >= 4 is 29.1 Å². The molecular weight excluding hydrogens is 288 g/mol. The molecule has 0 saturated heterocycles. The number of hydrogen-bond acceptors (Lipinski definition) is 3. The van der Waals surface area contributed by atoms with Gasteiger partial charge in [-0.2, -0.15) is 0 Å². The number of carbonyl (C=O) groups is 1. The van der Waals surface area contributed by atoms with Gasteiger partial charge in [0.15, 0.2) is 0 Å². The van der Waals surface area contributed by atoms with Crippen LogP contribution in [0, 0.1) is 0 Å². The summed E-state index contributed by atoms with van der Waals surface area (Å²) in [6.45, 7) is 0.0466. The van der Waals surface area contributed by atoms with Crippen LogP contribution in [-0.2, 0) is 4.79 Å². The molecule has 3 rings (SSSR count). The molecule has 0 saturated carbocycles. The number of anilines is 1. The molecule has 1 aliphatic rings. The molecule has 0 atom stereocenters. The fourth-order valence-electron chi connectivity index (χ4n) is 2.12. The minimum Gasteiger partial charge on any atom is -0.439 e. The number of para-hydroxylation sites is 1.